The van der Waals surface area contributed by atoms with Crippen LogP contribution in [0.1, 0.15) is 42.0 Å². The van der Waals surface area contributed by atoms with Crippen molar-refractivity contribution >= 4 is 27.3 Å². The lowest BCUT2D eigenvalue weighted by molar-refractivity contribution is -0.137. The van der Waals surface area contributed by atoms with E-state index in [4.69, 9.17) is 4.74 Å². The molecule has 0 saturated carbocycles. The van der Waals surface area contributed by atoms with Gasteiger partial charge in [-0.2, -0.15) is 18.4 Å². The molecule has 38 heavy (non-hydrogen) atoms. The second-order valence-corrected chi connectivity index (χ2v) is 11.0. The highest BCUT2D eigenvalue weighted by Gasteiger charge is 2.47. The van der Waals surface area contributed by atoms with E-state index < -0.39 is 33.6 Å². The van der Waals surface area contributed by atoms with Crippen molar-refractivity contribution in [3.05, 3.63) is 70.4 Å². The van der Waals surface area contributed by atoms with Crippen molar-refractivity contribution < 1.29 is 35.9 Å². The monoisotopic (exact) mass is 547 g/mol. The van der Waals surface area contributed by atoms with Crippen molar-refractivity contribution in [1.82, 2.24) is 4.90 Å². The van der Waals surface area contributed by atoms with Crippen LogP contribution in [0.2, 0.25) is 0 Å². The zero-order chi connectivity index (χ0) is 27.8. The molecule has 12 heteroatoms. The molecule has 0 N–H and O–H groups in total. The standard InChI is InChI=1S/C26H24F3N3O5S/c1-37-12-4-11-31-24(19-8-7-16(15-30)13-22(19)38(2,35)36)23-20(9-10-21(23)33)32(25(31)34)18-6-3-5-17(14-18)26(27,28)29/h3,5-8,13-14,24H,4,9-12H2,1-2H3. The van der Waals surface area contributed by atoms with E-state index in [1.54, 1.807) is 0 Å². The second kappa shape index (κ2) is 10.2. The van der Waals surface area contributed by atoms with Crippen LogP contribution in [0, 0.1) is 11.3 Å². The summed E-state index contributed by atoms with van der Waals surface area (Å²) >= 11 is 0. The van der Waals surface area contributed by atoms with Gasteiger partial charge in [-0.05, 0) is 48.7 Å². The first-order valence-corrected chi connectivity index (χ1v) is 13.5. The Morgan fingerprint density at radius 3 is 2.50 bits per heavy atom. The lowest BCUT2D eigenvalue weighted by Gasteiger charge is -2.42. The summed E-state index contributed by atoms with van der Waals surface area (Å²) in [5, 5.41) is 9.33. The number of carbonyl (C=O) groups excluding carboxylic acids is 2. The summed E-state index contributed by atoms with van der Waals surface area (Å²) in [7, 11) is -2.44. The molecular formula is C26H24F3N3O5S. The molecule has 0 bridgehead atoms. The number of ketones is 1. The highest BCUT2D eigenvalue weighted by atomic mass is 32.2. The van der Waals surface area contributed by atoms with Crippen molar-refractivity contribution in [2.75, 3.05) is 31.4 Å². The molecular weight excluding hydrogens is 523 g/mol. The maximum atomic E-state index is 14.0. The topological polar surface area (TPSA) is 108 Å². The van der Waals surface area contributed by atoms with Gasteiger partial charge in [0.1, 0.15) is 0 Å². The average Bonchev–Trinajstić information content (AvgIpc) is 3.23. The molecule has 1 heterocycles. The van der Waals surface area contributed by atoms with Crippen LogP contribution in [0.3, 0.4) is 0 Å². The lowest BCUT2D eigenvalue weighted by atomic mass is 9.92. The maximum Gasteiger partial charge on any atom is 0.416 e. The third-order valence-corrected chi connectivity index (χ3v) is 7.66. The Labute approximate surface area is 217 Å². The minimum absolute atomic E-state index is 0.0142. The molecule has 2 amide bonds. The normalized spacial score (nSPS) is 18.2. The number of anilines is 1. The van der Waals surface area contributed by atoms with Crippen LogP contribution in [0.15, 0.2) is 58.6 Å². The number of urea groups is 1. The van der Waals surface area contributed by atoms with E-state index in [9.17, 15) is 36.4 Å². The van der Waals surface area contributed by atoms with Crippen molar-refractivity contribution in [2.45, 2.75) is 36.4 Å². The van der Waals surface area contributed by atoms with Gasteiger partial charge >= 0.3 is 12.2 Å². The Bertz CT molecular complexity index is 1480. The molecule has 4 rings (SSSR count). The Hall–Kier alpha value is -3.69. The number of methoxy groups -OCH3 is 1. The zero-order valence-electron chi connectivity index (χ0n) is 20.6. The molecule has 0 fully saturated rings. The first-order valence-electron chi connectivity index (χ1n) is 11.7. The van der Waals surface area contributed by atoms with E-state index in [0.717, 1.165) is 23.3 Å². The number of allylic oxidation sites excluding steroid dienone is 1. The average molecular weight is 548 g/mol. The number of sulfone groups is 1. The number of amides is 2. The number of hydrogen-bond donors (Lipinski definition) is 0. The second-order valence-electron chi connectivity index (χ2n) is 9.03. The molecule has 0 aromatic heterocycles. The van der Waals surface area contributed by atoms with E-state index in [0.29, 0.717) is 6.42 Å². The molecule has 0 spiro atoms. The Morgan fingerprint density at radius 1 is 1.13 bits per heavy atom. The van der Waals surface area contributed by atoms with Crippen LogP contribution in [0.25, 0.3) is 0 Å². The van der Waals surface area contributed by atoms with E-state index in [1.165, 1.54) is 42.3 Å². The fourth-order valence-electron chi connectivity index (χ4n) is 4.88. The predicted molar refractivity (Wildman–Crippen MR) is 131 cm³/mol. The van der Waals surface area contributed by atoms with Gasteiger partial charge in [0, 0.05) is 44.2 Å². The molecule has 1 aliphatic carbocycles. The summed E-state index contributed by atoms with van der Waals surface area (Å²) in [6.07, 6.45) is -3.25. The highest BCUT2D eigenvalue weighted by Crippen LogP contribution is 2.47. The summed E-state index contributed by atoms with van der Waals surface area (Å²) in [6, 6.07) is 8.39. The molecule has 0 saturated heterocycles. The Kier molecular flexibility index (Phi) is 7.36. The number of ether oxygens (including phenoxy) is 1. The summed E-state index contributed by atoms with van der Waals surface area (Å²) in [5.74, 6) is -0.338. The number of carbonyl (C=O) groups is 2. The van der Waals surface area contributed by atoms with Gasteiger partial charge in [-0.25, -0.2) is 13.2 Å². The minimum Gasteiger partial charge on any atom is -0.385 e. The number of rotatable bonds is 7. The summed E-state index contributed by atoms with van der Waals surface area (Å²) in [5.41, 5.74) is -0.396. The molecule has 8 nitrogen and oxygen atoms in total. The van der Waals surface area contributed by atoms with Gasteiger partial charge in [0.15, 0.2) is 15.6 Å². The number of halogens is 3. The molecule has 2 aromatic rings. The van der Waals surface area contributed by atoms with Crippen LogP contribution < -0.4 is 4.90 Å². The predicted octanol–water partition coefficient (Wildman–Crippen LogP) is 4.62. The maximum absolute atomic E-state index is 14.0. The van der Waals surface area contributed by atoms with Crippen LogP contribution >= 0.6 is 0 Å². The van der Waals surface area contributed by atoms with E-state index in [2.05, 4.69) is 0 Å². The third-order valence-electron chi connectivity index (χ3n) is 6.51. The largest absolute Gasteiger partial charge is 0.416 e. The minimum atomic E-state index is -4.65. The molecule has 1 atom stereocenters. The Morgan fingerprint density at radius 2 is 1.87 bits per heavy atom. The first-order chi connectivity index (χ1) is 17.9. The van der Waals surface area contributed by atoms with Crippen LogP contribution in [0.5, 0.6) is 0 Å². The van der Waals surface area contributed by atoms with Crippen molar-refractivity contribution in [2.24, 2.45) is 0 Å². The molecule has 2 aromatic carbocycles. The summed E-state index contributed by atoms with van der Waals surface area (Å²) in [6.45, 7) is 0.270. The SMILES string of the molecule is COCCCN1C(=O)N(c2cccc(C(F)(F)F)c2)C2=C(C(=O)CC2)C1c1ccc(C#N)cc1S(C)(=O)=O. The fraction of sp³-hybridized carbons (Fsp3) is 0.346. The fourth-order valence-corrected chi connectivity index (χ4v) is 5.83. The van der Waals surface area contributed by atoms with Crippen molar-refractivity contribution in [1.29, 1.82) is 5.26 Å². The van der Waals surface area contributed by atoms with Gasteiger partial charge in [0.05, 0.1) is 33.8 Å². The molecule has 1 unspecified atom stereocenters. The number of hydrogen-bond acceptors (Lipinski definition) is 6. The van der Waals surface area contributed by atoms with Crippen LogP contribution in [0.4, 0.5) is 23.7 Å². The van der Waals surface area contributed by atoms with Crippen LogP contribution in [-0.4, -0.2) is 51.6 Å². The van der Waals surface area contributed by atoms with Gasteiger partial charge in [-0.15, -0.1) is 0 Å². The van der Waals surface area contributed by atoms with Gasteiger partial charge < -0.3 is 9.64 Å². The molecule has 2 aliphatic rings. The molecule has 1 aliphatic heterocycles. The third kappa shape index (κ3) is 5.04. The van der Waals surface area contributed by atoms with Crippen molar-refractivity contribution in [3.8, 4) is 6.07 Å². The number of nitriles is 1. The first kappa shape index (κ1) is 27.3. The quantitative estimate of drug-likeness (QED) is 0.469. The number of benzene rings is 2. The molecule has 200 valence electrons. The van der Waals surface area contributed by atoms with Crippen molar-refractivity contribution in [3.63, 3.8) is 0 Å². The summed E-state index contributed by atoms with van der Waals surface area (Å²) < 4.78 is 71.0. The number of nitrogens with zero attached hydrogens (tertiary/aromatic N) is 3. The smallest absolute Gasteiger partial charge is 0.385 e. The van der Waals surface area contributed by atoms with E-state index >= 15 is 0 Å². The lowest BCUT2D eigenvalue weighted by Crippen LogP contribution is -2.50. The number of Topliss-reactive ketones (excluding diaryl/α,β-unsaturated/α-hetero) is 1. The van der Waals surface area contributed by atoms with Gasteiger partial charge in [-0.3, -0.25) is 9.69 Å². The van der Waals surface area contributed by atoms with Gasteiger partial charge in [0.25, 0.3) is 0 Å². The van der Waals surface area contributed by atoms with Crippen LogP contribution in [-0.2, 0) is 25.5 Å². The van der Waals surface area contributed by atoms with E-state index in [-0.39, 0.29) is 64.8 Å². The van der Waals surface area contributed by atoms with E-state index in [1.807, 2.05) is 6.07 Å². The number of alkyl halides is 3. The van der Waals surface area contributed by atoms with Gasteiger partial charge in [-0.1, -0.05) is 12.1 Å². The summed E-state index contributed by atoms with van der Waals surface area (Å²) in [4.78, 5) is 29.4. The van der Waals surface area contributed by atoms with Gasteiger partial charge in [0.2, 0.25) is 0 Å². The Balaban J connectivity index is 1.97. The molecule has 0 radical (unpaired) electrons. The zero-order valence-corrected chi connectivity index (χ0v) is 21.4. The highest BCUT2D eigenvalue weighted by molar-refractivity contribution is 7.90.